The fourth-order valence-electron chi connectivity index (χ4n) is 18.2. The number of benzene rings is 6. The van der Waals surface area contributed by atoms with Crippen LogP contribution < -0.4 is 29.1 Å². The number of anilines is 4. The smallest absolute Gasteiger partial charge is 0.456 e. The van der Waals surface area contributed by atoms with E-state index in [1.165, 1.54) is 65.6 Å². The van der Waals surface area contributed by atoms with Crippen LogP contribution in [0.3, 0.4) is 0 Å². The Hall–Kier alpha value is -8.51. The van der Waals surface area contributed by atoms with Crippen molar-refractivity contribution in [3.05, 3.63) is 190 Å². The van der Waals surface area contributed by atoms with E-state index in [9.17, 15) is 19.2 Å². The van der Waals surface area contributed by atoms with Gasteiger partial charge < -0.3 is 70.9 Å². The van der Waals surface area contributed by atoms with Crippen LogP contribution in [0.4, 0.5) is 22.7 Å². The van der Waals surface area contributed by atoms with Crippen LogP contribution in [-0.2, 0) is 59.8 Å². The lowest BCUT2D eigenvalue weighted by atomic mass is 9.74. The number of ether oxygens (including phenoxy) is 4. The van der Waals surface area contributed by atoms with Crippen molar-refractivity contribution in [2.45, 2.75) is 233 Å². The predicted octanol–water partition coefficient (Wildman–Crippen LogP) is 18.1. The van der Waals surface area contributed by atoms with Crippen LogP contribution in [0.5, 0.6) is 23.0 Å². The van der Waals surface area contributed by atoms with Gasteiger partial charge in [-0.25, -0.2) is 0 Å². The number of nitrogens with zero attached hydrogens (tertiary/aromatic N) is 12. The maximum atomic E-state index is 14.7. The molecule has 2 atom stereocenters. The van der Waals surface area contributed by atoms with Crippen molar-refractivity contribution >= 4 is 52.2 Å². The van der Waals surface area contributed by atoms with Gasteiger partial charge in [0, 0.05) is 185 Å². The molecule has 0 saturated carbocycles. The predicted molar refractivity (Wildman–Crippen MR) is 467 cm³/mol. The number of aryl methyl sites for hydroxylation is 2. The molecule has 6 heterocycles. The van der Waals surface area contributed by atoms with E-state index in [2.05, 4.69) is 181 Å². The van der Waals surface area contributed by atoms with Gasteiger partial charge in [-0.05, 0) is 129 Å². The lowest BCUT2D eigenvalue weighted by molar-refractivity contribution is 0.0477. The molecule has 0 bridgehead atoms. The Morgan fingerprint density at radius 1 is 0.376 bits per heavy atom. The molecule has 2 amide bonds. The molecule has 632 valence electrons. The van der Waals surface area contributed by atoms with Gasteiger partial charge in [0.15, 0.2) is 0 Å². The van der Waals surface area contributed by atoms with E-state index in [0.717, 1.165) is 233 Å². The van der Waals surface area contributed by atoms with Gasteiger partial charge >= 0.3 is 17.6 Å². The van der Waals surface area contributed by atoms with Gasteiger partial charge in [-0.15, -0.1) is 10.2 Å². The molecule has 0 radical (unpaired) electrons. The first-order valence-corrected chi connectivity index (χ1v) is 48.0. The van der Waals surface area contributed by atoms with Crippen LogP contribution in [0.15, 0.2) is 134 Å². The third-order valence-electron chi connectivity index (χ3n) is 24.6. The SMILES string of the molecule is CCN(CC)c1ccc2c(c1)Oc1cc(N(CC)CC)ccc1C21c2ccccc2C(=O)N1CCOCc1cn(CCCCCCCCCCCC[Si](O)(OC)O[Si](O)(CCCCCCCCCCCCn2cc(COCCN3C(=O)c4ccccc4C34c3ccc(N(CC)CC)cc3Oc3cc(N(CC)CC)ccc34)nn2)OC)nn1. The number of rotatable bonds is 52. The number of fused-ring (bicyclic) bond motifs is 12. The van der Waals surface area contributed by atoms with Crippen LogP contribution in [0.25, 0.3) is 0 Å². The maximum absolute atomic E-state index is 14.7. The number of unbranched alkanes of at least 4 members (excludes halogenated alkanes) is 18. The minimum Gasteiger partial charge on any atom is -0.456 e. The first-order valence-electron chi connectivity index (χ1n) is 44.1. The highest BCUT2D eigenvalue weighted by Gasteiger charge is 2.58. The van der Waals surface area contributed by atoms with Crippen LogP contribution in [0.2, 0.25) is 12.1 Å². The second-order valence-corrected chi connectivity index (χ2v) is 37.1. The van der Waals surface area contributed by atoms with Gasteiger partial charge in [-0.3, -0.25) is 19.0 Å². The highest BCUT2D eigenvalue weighted by molar-refractivity contribution is 6.73. The second kappa shape index (κ2) is 41.9. The van der Waals surface area contributed by atoms with E-state index in [-0.39, 0.29) is 11.8 Å². The van der Waals surface area contributed by atoms with Gasteiger partial charge in [0.1, 0.15) is 45.5 Å². The van der Waals surface area contributed by atoms with Crippen molar-refractivity contribution in [1.82, 2.24) is 39.8 Å². The van der Waals surface area contributed by atoms with Crippen molar-refractivity contribution in [1.29, 1.82) is 0 Å². The zero-order chi connectivity index (χ0) is 82.4. The van der Waals surface area contributed by atoms with Gasteiger partial charge in [-0.1, -0.05) is 174 Å². The molecule has 0 saturated heterocycles. The summed E-state index contributed by atoms with van der Waals surface area (Å²) in [5, 5.41) is 17.8. The van der Waals surface area contributed by atoms with Gasteiger partial charge in [0.25, 0.3) is 11.8 Å². The summed E-state index contributed by atoms with van der Waals surface area (Å²) in [6, 6.07) is 42.7. The Morgan fingerprint density at radius 3 is 0.966 bits per heavy atom. The van der Waals surface area contributed by atoms with Crippen molar-refractivity contribution in [2.75, 3.05) is 112 Å². The van der Waals surface area contributed by atoms with Crippen LogP contribution in [0, 0.1) is 0 Å². The fourth-order valence-corrected chi connectivity index (χ4v) is 23.5. The molecule has 12 rings (SSSR count). The van der Waals surface area contributed by atoms with Crippen molar-refractivity contribution in [2.24, 2.45) is 0 Å². The maximum Gasteiger partial charge on any atom is 0.490 e. The first-order chi connectivity index (χ1) is 57.1. The summed E-state index contributed by atoms with van der Waals surface area (Å²) in [5.74, 6) is 2.95. The quantitative estimate of drug-likeness (QED) is 0.0267. The number of hydrogen-bond acceptors (Lipinski definition) is 19. The Labute approximate surface area is 697 Å². The number of carbonyl (C=O) groups is 2. The summed E-state index contributed by atoms with van der Waals surface area (Å²) >= 11 is 0. The average Bonchev–Trinajstić information content (AvgIpc) is 1.56. The summed E-state index contributed by atoms with van der Waals surface area (Å²) in [4.78, 5) is 65.6. The third-order valence-corrected chi connectivity index (χ3v) is 30.4. The molecule has 4 aliphatic heterocycles. The molecule has 23 nitrogen and oxygen atoms in total. The third kappa shape index (κ3) is 19.8. The molecule has 2 spiro atoms. The first kappa shape index (κ1) is 87.8. The largest absolute Gasteiger partial charge is 0.490 e. The Balaban J connectivity index is 0.485. The number of amides is 2. The Bertz CT molecular complexity index is 4110. The lowest BCUT2D eigenvalue weighted by Crippen LogP contribution is -2.55. The zero-order valence-electron chi connectivity index (χ0n) is 71.5. The molecular formula is C92H130N12O11Si2. The molecule has 4 aliphatic rings. The molecule has 0 aliphatic carbocycles. The second-order valence-electron chi connectivity index (χ2n) is 31.6. The van der Waals surface area contributed by atoms with Crippen molar-refractivity contribution in [3.63, 3.8) is 0 Å². The van der Waals surface area contributed by atoms with Crippen LogP contribution >= 0.6 is 0 Å². The summed E-state index contributed by atoms with van der Waals surface area (Å²) in [6.07, 6.45) is 25.6. The summed E-state index contributed by atoms with van der Waals surface area (Å²) in [5.41, 5.74) is 11.1. The fraction of sp³-hybridized carbons (Fsp3) is 0.543. The molecule has 6 aromatic carbocycles. The summed E-state index contributed by atoms with van der Waals surface area (Å²) < 4.78 is 47.5. The number of hydrogen-bond donors (Lipinski definition) is 2. The Morgan fingerprint density at radius 2 is 0.667 bits per heavy atom. The van der Waals surface area contributed by atoms with Crippen molar-refractivity contribution < 1.29 is 51.1 Å². The van der Waals surface area contributed by atoms with Gasteiger partial charge in [0.05, 0.1) is 38.8 Å². The highest BCUT2D eigenvalue weighted by Crippen LogP contribution is 2.60. The average molecular weight is 1640 g/mol. The normalized spacial score (nSPS) is 15.0. The van der Waals surface area contributed by atoms with E-state index < -0.39 is 28.7 Å². The molecule has 2 unspecified atom stereocenters. The summed E-state index contributed by atoms with van der Waals surface area (Å²) in [7, 11) is -4.23. The minimum absolute atomic E-state index is 0.0310. The van der Waals surface area contributed by atoms with Crippen LogP contribution in [0.1, 0.15) is 249 Å². The number of aromatic nitrogens is 6. The summed E-state index contributed by atoms with van der Waals surface area (Å²) in [6.45, 7) is 27.7. The molecular weight excluding hydrogens is 1510 g/mol. The van der Waals surface area contributed by atoms with E-state index in [1.807, 2.05) is 68.0 Å². The van der Waals surface area contributed by atoms with Gasteiger partial charge in [-0.2, -0.15) is 0 Å². The standard InChI is InChI=1S/C92H130N12O11Si2/c1-11-97(12-2)73-47-51-81-85(63-73)113-86-64-74(98(13-3)14-4)48-52-82(86)91(81)79-45-37-35-43-77(79)89(105)103(91)57-59-111-69-71-67-101(95-93-71)55-39-31-27-23-19-21-25-29-33-41-61-116(107,109-9)115-117(108,110-10)62-42-34-30-26-22-20-24-28-32-40-56-102-68-72(94-96-102)70-112-60-58-104-90(106)78-44-36-38-46-80(78)92(104)83-53-49-75(99(15-5)16-6)65-87(83)114-88-66-76(50-54-84(88)92)100(17-7)18-8/h35-38,43-54,63-68,107-108H,11-34,39-42,55-62,69-70H2,1-10H3. The highest BCUT2D eigenvalue weighted by atomic mass is 28.5. The minimum atomic E-state index is -3.60. The van der Waals surface area contributed by atoms with Crippen LogP contribution in [-0.4, -0.2) is 172 Å². The molecule has 0 fully saturated rings. The Kier molecular flexibility index (Phi) is 31.5. The lowest BCUT2D eigenvalue weighted by Gasteiger charge is -2.44. The van der Waals surface area contributed by atoms with Crippen molar-refractivity contribution in [3.8, 4) is 23.0 Å². The van der Waals surface area contributed by atoms with E-state index in [4.69, 9.17) is 31.9 Å². The monoisotopic (exact) mass is 1630 g/mol. The van der Waals surface area contributed by atoms with E-state index in [0.29, 0.717) is 62.7 Å². The zero-order valence-corrected chi connectivity index (χ0v) is 73.5. The molecule has 25 heteroatoms. The molecule has 2 N–H and O–H groups in total. The number of carbonyl (C=O) groups excluding carboxylic acids is 2. The molecule has 2 aromatic heterocycles. The molecule has 117 heavy (non-hydrogen) atoms. The van der Waals surface area contributed by atoms with E-state index in [1.54, 1.807) is 0 Å². The molecule has 8 aromatic rings. The van der Waals surface area contributed by atoms with E-state index >= 15 is 0 Å². The van der Waals surface area contributed by atoms with Gasteiger partial charge in [0.2, 0.25) is 0 Å². The topological polar surface area (TPSA) is 220 Å².